The van der Waals surface area contributed by atoms with Crippen LogP contribution in [0.4, 0.5) is 0 Å². The maximum Gasteiger partial charge on any atom is 0.345 e. The summed E-state index contributed by atoms with van der Waals surface area (Å²) in [6.45, 7) is 1.93. The standard InChI is InChI=1S/C13H12O3S2/c1-8-9(6-12(18-8)13(15)16)7-17-11-4-2-10(14)3-5-11/h2-6,14H,7H2,1H3,(H,15,16). The molecule has 0 spiro atoms. The molecular weight excluding hydrogens is 268 g/mol. The molecule has 1 heterocycles. The molecule has 0 atom stereocenters. The van der Waals surface area contributed by atoms with Crippen LogP contribution in [0.5, 0.6) is 5.75 Å². The van der Waals surface area contributed by atoms with Gasteiger partial charge >= 0.3 is 5.97 Å². The van der Waals surface area contributed by atoms with E-state index in [9.17, 15) is 9.90 Å². The van der Waals surface area contributed by atoms with Crippen LogP contribution < -0.4 is 0 Å². The molecule has 2 aromatic rings. The van der Waals surface area contributed by atoms with Crippen LogP contribution in [0, 0.1) is 6.92 Å². The number of thioether (sulfide) groups is 1. The fourth-order valence-electron chi connectivity index (χ4n) is 1.47. The Labute approximate surface area is 113 Å². The molecule has 2 N–H and O–H groups in total. The number of aryl methyl sites for hydroxylation is 1. The fourth-order valence-corrected chi connectivity index (χ4v) is 3.39. The van der Waals surface area contributed by atoms with Gasteiger partial charge in [-0.1, -0.05) is 0 Å². The van der Waals surface area contributed by atoms with E-state index in [1.54, 1.807) is 30.0 Å². The summed E-state index contributed by atoms with van der Waals surface area (Å²) in [6.07, 6.45) is 0. The average Bonchev–Trinajstić information content (AvgIpc) is 2.70. The quantitative estimate of drug-likeness (QED) is 0.837. The Morgan fingerprint density at radius 1 is 1.33 bits per heavy atom. The third-order valence-electron chi connectivity index (χ3n) is 2.46. The van der Waals surface area contributed by atoms with Crippen LogP contribution in [-0.2, 0) is 5.75 Å². The second-order valence-corrected chi connectivity index (χ2v) is 6.08. The molecule has 1 aromatic heterocycles. The Kier molecular flexibility index (Phi) is 3.93. The number of phenolic OH excluding ortho intramolecular Hbond substituents is 1. The molecule has 18 heavy (non-hydrogen) atoms. The van der Waals surface area contributed by atoms with Gasteiger partial charge in [-0.05, 0) is 42.8 Å². The van der Waals surface area contributed by atoms with Crippen molar-refractivity contribution in [3.63, 3.8) is 0 Å². The van der Waals surface area contributed by atoms with Crippen LogP contribution in [0.25, 0.3) is 0 Å². The third kappa shape index (κ3) is 3.05. The van der Waals surface area contributed by atoms with Crippen LogP contribution in [0.1, 0.15) is 20.1 Å². The van der Waals surface area contributed by atoms with Crippen molar-refractivity contribution in [3.8, 4) is 5.75 Å². The Hall–Kier alpha value is -1.46. The Balaban J connectivity index is 2.06. The highest BCUT2D eigenvalue weighted by Crippen LogP contribution is 2.29. The summed E-state index contributed by atoms with van der Waals surface area (Å²) < 4.78 is 0. The predicted octanol–water partition coefficient (Wildman–Crippen LogP) is 3.75. The Morgan fingerprint density at radius 3 is 2.56 bits per heavy atom. The molecule has 0 aliphatic heterocycles. The van der Waals surface area contributed by atoms with Gasteiger partial charge in [0, 0.05) is 15.5 Å². The molecular formula is C13H12O3S2. The monoisotopic (exact) mass is 280 g/mol. The first-order chi connectivity index (χ1) is 8.56. The molecule has 0 bridgehead atoms. The Morgan fingerprint density at radius 2 is 2.00 bits per heavy atom. The van der Waals surface area contributed by atoms with Gasteiger partial charge in [-0.15, -0.1) is 23.1 Å². The van der Waals surface area contributed by atoms with Crippen molar-refractivity contribution in [1.29, 1.82) is 0 Å². The first-order valence-electron chi connectivity index (χ1n) is 5.30. The van der Waals surface area contributed by atoms with Gasteiger partial charge in [-0.25, -0.2) is 4.79 Å². The van der Waals surface area contributed by atoms with E-state index in [0.717, 1.165) is 21.1 Å². The lowest BCUT2D eigenvalue weighted by Crippen LogP contribution is -1.90. The molecule has 94 valence electrons. The Bertz CT molecular complexity index is 558. The molecule has 0 amide bonds. The van der Waals surface area contributed by atoms with E-state index in [2.05, 4.69) is 0 Å². The predicted molar refractivity (Wildman–Crippen MR) is 73.7 cm³/mol. The molecule has 0 saturated carbocycles. The number of phenols is 1. The van der Waals surface area contributed by atoms with Crippen molar-refractivity contribution in [2.45, 2.75) is 17.6 Å². The minimum atomic E-state index is -0.871. The van der Waals surface area contributed by atoms with Crippen molar-refractivity contribution in [1.82, 2.24) is 0 Å². The summed E-state index contributed by atoms with van der Waals surface area (Å²) in [7, 11) is 0. The van der Waals surface area contributed by atoms with E-state index >= 15 is 0 Å². The number of benzene rings is 1. The van der Waals surface area contributed by atoms with Gasteiger partial charge in [0.05, 0.1) is 0 Å². The molecule has 0 radical (unpaired) electrons. The van der Waals surface area contributed by atoms with Crippen molar-refractivity contribution in [2.24, 2.45) is 0 Å². The maximum atomic E-state index is 10.9. The van der Waals surface area contributed by atoms with E-state index in [4.69, 9.17) is 5.11 Å². The first kappa shape index (κ1) is 13.0. The average molecular weight is 280 g/mol. The normalized spacial score (nSPS) is 10.5. The number of carboxylic acids is 1. The van der Waals surface area contributed by atoms with Crippen molar-refractivity contribution < 1.29 is 15.0 Å². The number of aromatic hydroxyl groups is 1. The summed E-state index contributed by atoms with van der Waals surface area (Å²) in [4.78, 5) is 13.3. The number of thiophene rings is 1. The van der Waals surface area contributed by atoms with Crippen LogP contribution in [0.3, 0.4) is 0 Å². The van der Waals surface area contributed by atoms with E-state index in [1.165, 1.54) is 11.3 Å². The summed E-state index contributed by atoms with van der Waals surface area (Å²) >= 11 is 2.93. The van der Waals surface area contributed by atoms with Gasteiger partial charge in [-0.2, -0.15) is 0 Å². The van der Waals surface area contributed by atoms with E-state index in [-0.39, 0.29) is 5.75 Å². The molecule has 1 aromatic carbocycles. The lowest BCUT2D eigenvalue weighted by Gasteiger charge is -2.01. The van der Waals surface area contributed by atoms with Crippen molar-refractivity contribution >= 4 is 29.1 Å². The van der Waals surface area contributed by atoms with Gasteiger partial charge in [0.1, 0.15) is 10.6 Å². The number of carboxylic acid groups (broad SMARTS) is 1. The zero-order chi connectivity index (χ0) is 13.1. The minimum absolute atomic E-state index is 0.249. The topological polar surface area (TPSA) is 57.5 Å². The van der Waals surface area contributed by atoms with Gasteiger partial charge in [-0.3, -0.25) is 0 Å². The second-order valence-electron chi connectivity index (χ2n) is 3.78. The molecule has 0 unspecified atom stereocenters. The molecule has 2 rings (SSSR count). The van der Waals surface area contributed by atoms with Gasteiger partial charge in [0.25, 0.3) is 0 Å². The summed E-state index contributed by atoms with van der Waals surface area (Å²) in [5.41, 5.74) is 1.05. The number of aromatic carboxylic acids is 1. The summed E-state index contributed by atoms with van der Waals surface area (Å²) in [5.74, 6) is 0.114. The second kappa shape index (κ2) is 5.46. The maximum absolute atomic E-state index is 10.9. The van der Waals surface area contributed by atoms with Gasteiger partial charge < -0.3 is 10.2 Å². The first-order valence-corrected chi connectivity index (χ1v) is 7.11. The molecule has 5 heteroatoms. The summed E-state index contributed by atoms with van der Waals surface area (Å²) in [5, 5.41) is 18.1. The van der Waals surface area contributed by atoms with E-state index < -0.39 is 5.97 Å². The zero-order valence-electron chi connectivity index (χ0n) is 9.71. The van der Waals surface area contributed by atoms with Crippen LogP contribution in [0.2, 0.25) is 0 Å². The highest BCUT2D eigenvalue weighted by Gasteiger charge is 2.11. The smallest absolute Gasteiger partial charge is 0.345 e. The minimum Gasteiger partial charge on any atom is -0.508 e. The van der Waals surface area contributed by atoms with Gasteiger partial charge in [0.15, 0.2) is 0 Å². The number of carbonyl (C=O) groups is 1. The molecule has 0 saturated heterocycles. The lowest BCUT2D eigenvalue weighted by atomic mass is 10.3. The largest absolute Gasteiger partial charge is 0.508 e. The lowest BCUT2D eigenvalue weighted by molar-refractivity contribution is 0.0702. The van der Waals surface area contributed by atoms with Crippen molar-refractivity contribution in [2.75, 3.05) is 0 Å². The molecule has 0 aliphatic rings. The molecule has 0 fully saturated rings. The number of rotatable bonds is 4. The number of hydrogen-bond donors (Lipinski definition) is 2. The van der Waals surface area contributed by atoms with Crippen molar-refractivity contribution in [3.05, 3.63) is 45.6 Å². The molecule has 3 nitrogen and oxygen atoms in total. The summed E-state index contributed by atoms with van der Waals surface area (Å²) in [6, 6.07) is 8.71. The van der Waals surface area contributed by atoms with Crippen LogP contribution >= 0.6 is 23.1 Å². The highest BCUT2D eigenvalue weighted by atomic mass is 32.2. The zero-order valence-corrected chi connectivity index (χ0v) is 11.3. The SMILES string of the molecule is Cc1sc(C(=O)O)cc1CSc1ccc(O)cc1. The van der Waals surface area contributed by atoms with Gasteiger partial charge in [0.2, 0.25) is 0 Å². The highest BCUT2D eigenvalue weighted by molar-refractivity contribution is 7.98. The fraction of sp³-hybridized carbons (Fsp3) is 0.154. The van der Waals surface area contributed by atoms with Crippen LogP contribution in [0.15, 0.2) is 35.2 Å². The third-order valence-corrected chi connectivity index (χ3v) is 4.60. The number of hydrogen-bond acceptors (Lipinski definition) is 4. The van der Waals surface area contributed by atoms with E-state index in [0.29, 0.717) is 4.88 Å². The molecule has 0 aliphatic carbocycles. The van der Waals surface area contributed by atoms with Crippen LogP contribution in [-0.4, -0.2) is 16.2 Å². The van der Waals surface area contributed by atoms with E-state index in [1.807, 2.05) is 19.1 Å².